The van der Waals surface area contributed by atoms with Crippen molar-refractivity contribution >= 4 is 17.1 Å². The van der Waals surface area contributed by atoms with Gasteiger partial charge in [-0.15, -0.1) is 0 Å². The molecule has 2 nitrogen and oxygen atoms in total. The Labute approximate surface area is 82.1 Å². The fourth-order valence-electron chi connectivity index (χ4n) is 1.42. The van der Waals surface area contributed by atoms with E-state index in [1.54, 1.807) is 0 Å². The fraction of sp³-hybridized carbons (Fsp3) is 0.300. The Hall–Kier alpha value is -1.02. The van der Waals surface area contributed by atoms with Gasteiger partial charge >= 0.3 is 0 Å². The lowest BCUT2D eigenvalue weighted by Gasteiger charge is -2.01. The van der Waals surface area contributed by atoms with Crippen LogP contribution in [-0.2, 0) is 0 Å². The van der Waals surface area contributed by atoms with E-state index >= 15 is 0 Å². The molecule has 2 aromatic heterocycles. The molecule has 0 atom stereocenters. The summed E-state index contributed by atoms with van der Waals surface area (Å²) in [6.07, 6.45) is 3.78. The quantitative estimate of drug-likeness (QED) is 0.682. The number of fused-ring (bicyclic) bond motifs is 1. The SMILES string of the molecule is CC(C)c1cnn2ccc(Cl)cc12. The molecule has 2 heterocycles. The second-order valence-corrected chi connectivity index (χ2v) is 3.87. The van der Waals surface area contributed by atoms with E-state index in [9.17, 15) is 0 Å². The van der Waals surface area contributed by atoms with Gasteiger partial charge < -0.3 is 0 Å². The highest BCUT2D eigenvalue weighted by molar-refractivity contribution is 6.30. The van der Waals surface area contributed by atoms with Gasteiger partial charge in [-0.05, 0) is 18.1 Å². The van der Waals surface area contributed by atoms with Crippen molar-refractivity contribution in [3.05, 3.63) is 35.1 Å². The maximum atomic E-state index is 5.91. The van der Waals surface area contributed by atoms with Crippen LogP contribution in [0.5, 0.6) is 0 Å². The van der Waals surface area contributed by atoms with Gasteiger partial charge in [0.05, 0.1) is 11.7 Å². The van der Waals surface area contributed by atoms with Gasteiger partial charge in [-0.25, -0.2) is 4.52 Å². The van der Waals surface area contributed by atoms with Crippen molar-refractivity contribution in [2.45, 2.75) is 19.8 Å². The first-order valence-corrected chi connectivity index (χ1v) is 4.69. The summed E-state index contributed by atoms with van der Waals surface area (Å²) in [6.45, 7) is 4.30. The van der Waals surface area contributed by atoms with Crippen LogP contribution >= 0.6 is 11.6 Å². The van der Waals surface area contributed by atoms with Crippen molar-refractivity contribution < 1.29 is 0 Å². The molecule has 2 rings (SSSR count). The van der Waals surface area contributed by atoms with E-state index in [1.807, 2.05) is 29.0 Å². The lowest BCUT2D eigenvalue weighted by atomic mass is 10.1. The molecule has 68 valence electrons. The Kier molecular flexibility index (Phi) is 2.00. The molecule has 0 aromatic carbocycles. The third-order valence-electron chi connectivity index (χ3n) is 2.14. The molecule has 3 heteroatoms. The second-order valence-electron chi connectivity index (χ2n) is 3.43. The zero-order valence-corrected chi connectivity index (χ0v) is 8.42. The molecule has 2 aromatic rings. The summed E-state index contributed by atoms with van der Waals surface area (Å²) in [5, 5.41) is 5.00. The maximum Gasteiger partial charge on any atom is 0.0710 e. The number of nitrogens with zero attached hydrogens (tertiary/aromatic N) is 2. The van der Waals surface area contributed by atoms with Crippen molar-refractivity contribution in [2.75, 3.05) is 0 Å². The summed E-state index contributed by atoms with van der Waals surface area (Å²) in [5.74, 6) is 0.482. The summed E-state index contributed by atoms with van der Waals surface area (Å²) in [5.41, 5.74) is 2.34. The van der Waals surface area contributed by atoms with E-state index in [0.717, 1.165) is 10.5 Å². The van der Waals surface area contributed by atoms with Gasteiger partial charge in [0, 0.05) is 16.8 Å². The topological polar surface area (TPSA) is 17.3 Å². The summed E-state index contributed by atoms with van der Waals surface area (Å²) in [7, 11) is 0. The molecular weight excluding hydrogens is 184 g/mol. The number of rotatable bonds is 1. The van der Waals surface area contributed by atoms with Gasteiger partial charge in [-0.2, -0.15) is 5.10 Å². The monoisotopic (exact) mass is 194 g/mol. The second kappa shape index (κ2) is 3.04. The molecule has 0 saturated carbocycles. The molecule has 0 aliphatic rings. The molecule has 0 fully saturated rings. The van der Waals surface area contributed by atoms with E-state index in [-0.39, 0.29) is 0 Å². The molecule has 0 radical (unpaired) electrons. The van der Waals surface area contributed by atoms with Crippen LogP contribution in [0.15, 0.2) is 24.5 Å². The van der Waals surface area contributed by atoms with Crippen molar-refractivity contribution in [1.82, 2.24) is 9.61 Å². The molecular formula is C10H11ClN2. The Morgan fingerprint density at radius 2 is 2.23 bits per heavy atom. The lowest BCUT2D eigenvalue weighted by Crippen LogP contribution is -1.88. The molecule has 0 saturated heterocycles. The highest BCUT2D eigenvalue weighted by atomic mass is 35.5. The third-order valence-corrected chi connectivity index (χ3v) is 2.37. The van der Waals surface area contributed by atoms with Gasteiger partial charge in [0.2, 0.25) is 0 Å². The molecule has 0 N–H and O–H groups in total. The van der Waals surface area contributed by atoms with Gasteiger partial charge in [-0.1, -0.05) is 25.4 Å². The van der Waals surface area contributed by atoms with Crippen LogP contribution in [0.2, 0.25) is 5.02 Å². The fourth-order valence-corrected chi connectivity index (χ4v) is 1.58. The lowest BCUT2D eigenvalue weighted by molar-refractivity contribution is 0.875. The number of pyridine rings is 1. The Balaban J connectivity index is 2.71. The molecule has 0 spiro atoms. The number of hydrogen-bond acceptors (Lipinski definition) is 1. The molecule has 0 amide bonds. The summed E-state index contributed by atoms with van der Waals surface area (Å²) >= 11 is 5.91. The zero-order chi connectivity index (χ0) is 9.42. The first kappa shape index (κ1) is 8.57. The normalized spacial score (nSPS) is 11.4. The van der Waals surface area contributed by atoms with Crippen LogP contribution in [0.25, 0.3) is 5.52 Å². The Morgan fingerprint density at radius 1 is 1.46 bits per heavy atom. The van der Waals surface area contributed by atoms with Crippen molar-refractivity contribution in [3.63, 3.8) is 0 Å². The molecule has 13 heavy (non-hydrogen) atoms. The van der Waals surface area contributed by atoms with Crippen molar-refractivity contribution in [1.29, 1.82) is 0 Å². The number of halogens is 1. The van der Waals surface area contributed by atoms with E-state index in [2.05, 4.69) is 18.9 Å². The van der Waals surface area contributed by atoms with E-state index in [4.69, 9.17) is 11.6 Å². The summed E-state index contributed by atoms with van der Waals surface area (Å²) in [6, 6.07) is 3.79. The van der Waals surface area contributed by atoms with Crippen LogP contribution in [-0.4, -0.2) is 9.61 Å². The largest absolute Gasteiger partial charge is 0.241 e. The Morgan fingerprint density at radius 3 is 2.92 bits per heavy atom. The minimum Gasteiger partial charge on any atom is -0.241 e. The molecule has 0 aliphatic heterocycles. The van der Waals surface area contributed by atoms with Gasteiger partial charge in [-0.3, -0.25) is 0 Å². The van der Waals surface area contributed by atoms with Crippen LogP contribution in [0.4, 0.5) is 0 Å². The van der Waals surface area contributed by atoms with Crippen LogP contribution in [0, 0.1) is 0 Å². The Bertz CT molecular complexity index is 431. The van der Waals surface area contributed by atoms with Crippen LogP contribution in [0.3, 0.4) is 0 Å². The average Bonchev–Trinajstić information content (AvgIpc) is 2.46. The van der Waals surface area contributed by atoms with Gasteiger partial charge in [0.1, 0.15) is 0 Å². The molecule has 0 unspecified atom stereocenters. The standard InChI is InChI=1S/C10H11ClN2/c1-7(2)9-6-12-13-4-3-8(11)5-10(9)13/h3-7H,1-2H3. The predicted molar refractivity (Wildman–Crippen MR) is 54.3 cm³/mol. The minimum absolute atomic E-state index is 0.482. The highest BCUT2D eigenvalue weighted by Gasteiger charge is 2.07. The van der Waals surface area contributed by atoms with Crippen molar-refractivity contribution in [3.8, 4) is 0 Å². The third kappa shape index (κ3) is 1.42. The molecule has 0 aliphatic carbocycles. The number of hydrogen-bond donors (Lipinski definition) is 0. The predicted octanol–water partition coefficient (Wildman–Crippen LogP) is 3.11. The minimum atomic E-state index is 0.482. The van der Waals surface area contributed by atoms with Crippen LogP contribution in [0.1, 0.15) is 25.3 Å². The number of aromatic nitrogens is 2. The average molecular weight is 195 g/mol. The van der Waals surface area contributed by atoms with E-state index in [1.165, 1.54) is 5.56 Å². The maximum absolute atomic E-state index is 5.91. The molecule has 0 bridgehead atoms. The van der Waals surface area contributed by atoms with E-state index in [0.29, 0.717) is 5.92 Å². The first-order chi connectivity index (χ1) is 6.18. The summed E-state index contributed by atoms with van der Waals surface area (Å²) in [4.78, 5) is 0. The first-order valence-electron chi connectivity index (χ1n) is 4.31. The van der Waals surface area contributed by atoms with Gasteiger partial charge in [0.15, 0.2) is 0 Å². The van der Waals surface area contributed by atoms with Gasteiger partial charge in [0.25, 0.3) is 0 Å². The van der Waals surface area contributed by atoms with E-state index < -0.39 is 0 Å². The summed E-state index contributed by atoms with van der Waals surface area (Å²) < 4.78 is 1.85. The van der Waals surface area contributed by atoms with Crippen molar-refractivity contribution in [2.24, 2.45) is 0 Å². The highest BCUT2D eigenvalue weighted by Crippen LogP contribution is 2.22. The smallest absolute Gasteiger partial charge is 0.0710 e. The van der Waals surface area contributed by atoms with Crippen LogP contribution < -0.4 is 0 Å². The zero-order valence-electron chi connectivity index (χ0n) is 7.66.